The number of hydrogen-bond donors (Lipinski definition) is 2. The van der Waals surface area contributed by atoms with Crippen LogP contribution in [0.3, 0.4) is 0 Å². The first-order valence-electron chi connectivity index (χ1n) is 7.95. The van der Waals surface area contributed by atoms with Crippen LogP contribution in [0.1, 0.15) is 47.5 Å². The molecule has 2 N–H and O–H groups in total. The lowest BCUT2D eigenvalue weighted by Gasteiger charge is -2.21. The average molecular weight is 342 g/mol. The number of carbonyl (C=O) groups is 4. The highest BCUT2D eigenvalue weighted by Crippen LogP contribution is 2.46. The fraction of sp³-hybridized carbons (Fsp3) is 0.750. The summed E-state index contributed by atoms with van der Waals surface area (Å²) in [6.07, 6.45) is 0.590. The third-order valence-electron chi connectivity index (χ3n) is 3.48. The molecule has 24 heavy (non-hydrogen) atoms. The summed E-state index contributed by atoms with van der Waals surface area (Å²) in [6, 6.07) is -1.36. The van der Waals surface area contributed by atoms with Gasteiger partial charge in [0.15, 0.2) is 11.8 Å². The highest BCUT2D eigenvalue weighted by molar-refractivity contribution is 6.09. The fourth-order valence-electron chi connectivity index (χ4n) is 1.92. The molecule has 0 aromatic rings. The summed E-state index contributed by atoms with van der Waals surface area (Å²) in [5, 5.41) is 4.60. The second-order valence-corrected chi connectivity index (χ2v) is 7.03. The second kappa shape index (κ2) is 7.63. The normalized spacial score (nSPS) is 16.5. The van der Waals surface area contributed by atoms with Gasteiger partial charge in [0.25, 0.3) is 0 Å². The second-order valence-electron chi connectivity index (χ2n) is 7.03. The number of carbonyl (C=O) groups excluding carboxylic acids is 4. The summed E-state index contributed by atoms with van der Waals surface area (Å²) in [5.41, 5.74) is -1.28. The number of nitrogens with one attached hydrogen (secondary N) is 2. The smallest absolute Gasteiger partial charge is 0.408 e. The van der Waals surface area contributed by atoms with Crippen molar-refractivity contribution >= 4 is 23.8 Å². The van der Waals surface area contributed by atoms with Crippen LogP contribution in [0, 0.1) is 5.41 Å². The largest absolute Gasteiger partial charge is 0.464 e. The molecule has 2 amide bonds. The SMILES string of the molecule is CCOC(=O)C(NC(=O)CNC(=O)OC(C)(C)C)C(=O)C1(C)CC1. The molecule has 0 aliphatic heterocycles. The molecule has 1 aliphatic carbocycles. The van der Waals surface area contributed by atoms with Crippen molar-refractivity contribution in [2.24, 2.45) is 5.41 Å². The molecule has 1 aliphatic rings. The molecule has 8 heteroatoms. The van der Waals surface area contributed by atoms with Crippen molar-refractivity contribution in [2.75, 3.05) is 13.2 Å². The van der Waals surface area contributed by atoms with Crippen LogP contribution in [0.4, 0.5) is 4.79 Å². The van der Waals surface area contributed by atoms with E-state index >= 15 is 0 Å². The minimum atomic E-state index is -1.36. The molecule has 136 valence electrons. The topological polar surface area (TPSA) is 111 Å². The van der Waals surface area contributed by atoms with E-state index in [1.807, 2.05) is 0 Å². The molecular formula is C16H26N2O6. The maximum absolute atomic E-state index is 12.4. The van der Waals surface area contributed by atoms with E-state index in [4.69, 9.17) is 9.47 Å². The number of alkyl carbamates (subject to hydrolysis) is 1. The van der Waals surface area contributed by atoms with E-state index in [0.717, 1.165) is 0 Å². The van der Waals surface area contributed by atoms with Crippen LogP contribution in [0.15, 0.2) is 0 Å². The molecule has 0 saturated heterocycles. The van der Waals surface area contributed by atoms with Gasteiger partial charge in [0.05, 0.1) is 6.61 Å². The standard InChI is InChI=1S/C16H26N2O6/c1-6-23-13(21)11(12(20)16(5)7-8-16)18-10(19)9-17-14(22)24-15(2,3)4/h11H,6-9H2,1-5H3,(H,17,22)(H,18,19). The molecule has 0 spiro atoms. The third-order valence-corrected chi connectivity index (χ3v) is 3.48. The Morgan fingerprint density at radius 3 is 2.21 bits per heavy atom. The van der Waals surface area contributed by atoms with Gasteiger partial charge in [-0.3, -0.25) is 9.59 Å². The van der Waals surface area contributed by atoms with Gasteiger partial charge < -0.3 is 20.1 Å². The lowest BCUT2D eigenvalue weighted by molar-refractivity contribution is -0.151. The van der Waals surface area contributed by atoms with Crippen LogP contribution in [0.2, 0.25) is 0 Å². The van der Waals surface area contributed by atoms with Gasteiger partial charge in [0, 0.05) is 5.41 Å². The molecule has 0 aromatic heterocycles. The molecule has 1 unspecified atom stereocenters. The first-order chi connectivity index (χ1) is 11.0. The molecule has 0 bridgehead atoms. The van der Waals surface area contributed by atoms with Gasteiger partial charge in [0.2, 0.25) is 5.91 Å². The number of rotatable bonds is 7. The molecule has 1 fully saturated rings. The number of esters is 1. The maximum atomic E-state index is 12.4. The van der Waals surface area contributed by atoms with Crippen LogP contribution in [0.25, 0.3) is 0 Å². The van der Waals surface area contributed by atoms with Gasteiger partial charge in [-0.1, -0.05) is 6.92 Å². The van der Waals surface area contributed by atoms with Crippen molar-refractivity contribution < 1.29 is 28.7 Å². The van der Waals surface area contributed by atoms with Crippen molar-refractivity contribution in [1.29, 1.82) is 0 Å². The van der Waals surface area contributed by atoms with E-state index in [1.54, 1.807) is 34.6 Å². The molecule has 0 radical (unpaired) electrons. The Balaban J connectivity index is 2.59. The minimum Gasteiger partial charge on any atom is -0.464 e. The molecule has 0 aromatic carbocycles. The zero-order chi connectivity index (χ0) is 18.5. The Labute approximate surface area is 141 Å². The Morgan fingerprint density at radius 1 is 1.17 bits per heavy atom. The Hall–Kier alpha value is -2.12. The predicted octanol–water partition coefficient (Wildman–Crippen LogP) is 0.928. The van der Waals surface area contributed by atoms with E-state index in [9.17, 15) is 19.2 Å². The van der Waals surface area contributed by atoms with Gasteiger partial charge in [-0.2, -0.15) is 0 Å². The van der Waals surface area contributed by atoms with Gasteiger partial charge in [-0.15, -0.1) is 0 Å². The summed E-state index contributed by atoms with van der Waals surface area (Å²) in [5.74, 6) is -1.83. The summed E-state index contributed by atoms with van der Waals surface area (Å²) >= 11 is 0. The number of Topliss-reactive ketones (excluding diaryl/α,β-unsaturated/α-hetero) is 1. The number of ether oxygens (including phenoxy) is 2. The van der Waals surface area contributed by atoms with E-state index in [-0.39, 0.29) is 12.4 Å². The Bertz CT molecular complexity index is 519. The summed E-state index contributed by atoms with van der Waals surface area (Å²) in [6.45, 7) is 8.13. The summed E-state index contributed by atoms with van der Waals surface area (Å²) < 4.78 is 9.86. The molecular weight excluding hydrogens is 316 g/mol. The first-order valence-corrected chi connectivity index (χ1v) is 7.95. The van der Waals surface area contributed by atoms with E-state index in [1.165, 1.54) is 0 Å². The zero-order valence-electron chi connectivity index (χ0n) is 14.9. The summed E-state index contributed by atoms with van der Waals surface area (Å²) in [4.78, 5) is 47.8. The van der Waals surface area contributed by atoms with Crippen LogP contribution < -0.4 is 10.6 Å². The maximum Gasteiger partial charge on any atom is 0.408 e. The van der Waals surface area contributed by atoms with Crippen LogP contribution in [-0.4, -0.2) is 48.5 Å². The molecule has 0 heterocycles. The minimum absolute atomic E-state index is 0.103. The third kappa shape index (κ3) is 6.17. The Morgan fingerprint density at radius 2 is 1.75 bits per heavy atom. The van der Waals surface area contributed by atoms with E-state index in [2.05, 4.69) is 10.6 Å². The van der Waals surface area contributed by atoms with E-state index < -0.39 is 41.6 Å². The predicted molar refractivity (Wildman–Crippen MR) is 85.1 cm³/mol. The lowest BCUT2D eigenvalue weighted by atomic mass is 9.97. The first kappa shape index (κ1) is 19.9. The highest BCUT2D eigenvalue weighted by atomic mass is 16.6. The van der Waals surface area contributed by atoms with Gasteiger partial charge in [-0.25, -0.2) is 9.59 Å². The van der Waals surface area contributed by atoms with Gasteiger partial charge >= 0.3 is 12.1 Å². The van der Waals surface area contributed by atoms with Crippen LogP contribution in [0.5, 0.6) is 0 Å². The van der Waals surface area contributed by atoms with Gasteiger partial charge in [0.1, 0.15) is 12.1 Å². The molecule has 1 rings (SSSR count). The van der Waals surface area contributed by atoms with Crippen molar-refractivity contribution in [2.45, 2.75) is 59.1 Å². The quantitative estimate of drug-likeness (QED) is 0.526. The number of hydrogen-bond acceptors (Lipinski definition) is 6. The average Bonchev–Trinajstić information content (AvgIpc) is 3.19. The highest BCUT2D eigenvalue weighted by Gasteiger charge is 2.50. The Kier molecular flexibility index (Phi) is 6.34. The van der Waals surface area contributed by atoms with Crippen molar-refractivity contribution in [3.63, 3.8) is 0 Å². The fourth-order valence-corrected chi connectivity index (χ4v) is 1.92. The molecule has 1 atom stereocenters. The number of ketones is 1. The van der Waals surface area contributed by atoms with Crippen molar-refractivity contribution in [1.82, 2.24) is 10.6 Å². The van der Waals surface area contributed by atoms with Gasteiger partial charge in [-0.05, 0) is 40.5 Å². The van der Waals surface area contributed by atoms with Crippen molar-refractivity contribution in [3.8, 4) is 0 Å². The zero-order valence-corrected chi connectivity index (χ0v) is 14.9. The van der Waals surface area contributed by atoms with Crippen molar-refractivity contribution in [3.05, 3.63) is 0 Å². The van der Waals surface area contributed by atoms with Crippen LogP contribution >= 0.6 is 0 Å². The molecule has 1 saturated carbocycles. The molecule has 8 nitrogen and oxygen atoms in total. The monoisotopic (exact) mass is 342 g/mol. The van der Waals surface area contributed by atoms with Crippen LogP contribution in [-0.2, 0) is 23.9 Å². The van der Waals surface area contributed by atoms with E-state index in [0.29, 0.717) is 12.8 Å². The summed E-state index contributed by atoms with van der Waals surface area (Å²) in [7, 11) is 0. The lowest BCUT2D eigenvalue weighted by Crippen LogP contribution is -2.52. The number of amides is 2.